The van der Waals surface area contributed by atoms with Gasteiger partial charge in [0.25, 0.3) is 0 Å². The maximum Gasteiger partial charge on any atom is 0.326 e. The highest BCUT2D eigenvalue weighted by molar-refractivity contribution is 5.83. The van der Waals surface area contributed by atoms with Gasteiger partial charge in [-0.3, -0.25) is 4.79 Å². The van der Waals surface area contributed by atoms with Gasteiger partial charge in [-0.05, 0) is 42.9 Å². The number of carbonyl (C=O) groups excluding carboxylic acids is 1. The molecular weight excluding hydrogens is 282 g/mol. The zero-order valence-corrected chi connectivity index (χ0v) is 13.5. The lowest BCUT2D eigenvalue weighted by Gasteiger charge is -2.16. The summed E-state index contributed by atoms with van der Waals surface area (Å²) in [5, 5.41) is 11.7. The molecule has 0 aliphatic rings. The Bertz CT molecular complexity index is 499. The quantitative estimate of drug-likeness (QED) is 0.735. The van der Waals surface area contributed by atoms with Crippen molar-refractivity contribution < 1.29 is 19.4 Å². The number of hydrogen-bond acceptors (Lipinski definition) is 3. The number of carboxylic acid groups (broad SMARTS) is 1. The minimum absolute atomic E-state index is 0.212. The number of nitrogens with one attached hydrogen (secondary N) is 1. The van der Waals surface area contributed by atoms with Crippen molar-refractivity contribution >= 4 is 11.9 Å². The van der Waals surface area contributed by atoms with Crippen LogP contribution in [0.5, 0.6) is 5.75 Å². The zero-order chi connectivity index (χ0) is 16.5. The Kier molecular flexibility index (Phi) is 7.43. The van der Waals surface area contributed by atoms with E-state index in [1.54, 1.807) is 7.11 Å². The average molecular weight is 307 g/mol. The molecule has 5 nitrogen and oxygen atoms in total. The molecule has 0 saturated carbocycles. The maximum atomic E-state index is 11.9. The van der Waals surface area contributed by atoms with Gasteiger partial charge in [0.1, 0.15) is 11.8 Å². The van der Waals surface area contributed by atoms with E-state index in [1.807, 2.05) is 38.1 Å². The van der Waals surface area contributed by atoms with E-state index in [0.717, 1.165) is 17.7 Å². The van der Waals surface area contributed by atoms with Gasteiger partial charge >= 0.3 is 5.97 Å². The van der Waals surface area contributed by atoms with Crippen LogP contribution in [-0.4, -0.2) is 30.1 Å². The Morgan fingerprint density at radius 2 is 2.05 bits per heavy atom. The summed E-state index contributed by atoms with van der Waals surface area (Å²) in [6.07, 6.45) is 2.19. The number of aliphatic carboxylic acids is 1. The minimum atomic E-state index is -0.977. The second kappa shape index (κ2) is 9.07. The second-order valence-corrected chi connectivity index (χ2v) is 5.79. The van der Waals surface area contributed by atoms with E-state index in [4.69, 9.17) is 9.84 Å². The Morgan fingerprint density at radius 1 is 1.32 bits per heavy atom. The Labute approximate surface area is 131 Å². The highest BCUT2D eigenvalue weighted by Gasteiger charge is 2.20. The van der Waals surface area contributed by atoms with Crippen LogP contribution < -0.4 is 10.1 Å². The van der Waals surface area contributed by atoms with Crippen molar-refractivity contribution in [2.75, 3.05) is 7.11 Å². The van der Waals surface area contributed by atoms with Gasteiger partial charge < -0.3 is 15.2 Å². The molecule has 0 aliphatic carbocycles. The molecule has 22 heavy (non-hydrogen) atoms. The van der Waals surface area contributed by atoms with Gasteiger partial charge in [0.05, 0.1) is 7.11 Å². The summed E-state index contributed by atoms with van der Waals surface area (Å²) >= 11 is 0. The molecule has 0 radical (unpaired) electrons. The van der Waals surface area contributed by atoms with Crippen LogP contribution in [0.4, 0.5) is 0 Å². The summed E-state index contributed by atoms with van der Waals surface area (Å²) in [6.45, 7) is 3.87. The number of hydrogen-bond donors (Lipinski definition) is 2. The summed E-state index contributed by atoms with van der Waals surface area (Å²) < 4.78 is 5.15. The summed E-state index contributed by atoms with van der Waals surface area (Å²) in [5.41, 5.74) is 1.10. The normalized spacial score (nSPS) is 12.0. The number of carboxylic acids is 1. The molecule has 0 aliphatic heterocycles. The van der Waals surface area contributed by atoms with Crippen molar-refractivity contribution in [1.82, 2.24) is 5.32 Å². The molecular formula is C17H25NO4. The first-order valence-electron chi connectivity index (χ1n) is 7.57. The highest BCUT2D eigenvalue weighted by atomic mass is 16.5. The van der Waals surface area contributed by atoms with E-state index in [2.05, 4.69) is 5.32 Å². The Balaban J connectivity index is 2.40. The molecule has 0 fully saturated rings. The lowest BCUT2D eigenvalue weighted by atomic mass is 10.0. The zero-order valence-electron chi connectivity index (χ0n) is 13.5. The third-order valence-electron chi connectivity index (χ3n) is 3.34. The van der Waals surface area contributed by atoms with E-state index >= 15 is 0 Å². The molecule has 2 N–H and O–H groups in total. The van der Waals surface area contributed by atoms with Crippen molar-refractivity contribution in [3.05, 3.63) is 29.8 Å². The molecule has 1 atom stereocenters. The van der Waals surface area contributed by atoms with E-state index in [0.29, 0.717) is 19.3 Å². The van der Waals surface area contributed by atoms with Crippen LogP contribution in [0, 0.1) is 5.92 Å². The molecule has 0 spiro atoms. The minimum Gasteiger partial charge on any atom is -0.497 e. The number of aryl methyl sites for hydroxylation is 1. The van der Waals surface area contributed by atoms with E-state index in [-0.39, 0.29) is 11.8 Å². The first kappa shape index (κ1) is 18.0. The van der Waals surface area contributed by atoms with Crippen LogP contribution in [0.3, 0.4) is 0 Å². The fourth-order valence-electron chi connectivity index (χ4n) is 2.24. The van der Waals surface area contributed by atoms with Gasteiger partial charge in [-0.15, -0.1) is 0 Å². The van der Waals surface area contributed by atoms with Crippen molar-refractivity contribution in [1.29, 1.82) is 0 Å². The summed E-state index contributed by atoms with van der Waals surface area (Å²) in [4.78, 5) is 23.0. The number of methoxy groups -OCH3 is 1. The Morgan fingerprint density at radius 3 is 2.64 bits per heavy atom. The molecule has 0 saturated heterocycles. The molecule has 1 rings (SSSR count). The molecule has 1 aromatic carbocycles. The summed E-state index contributed by atoms with van der Waals surface area (Å²) in [5.74, 6) is -0.172. The van der Waals surface area contributed by atoms with E-state index in [1.165, 1.54) is 0 Å². The second-order valence-electron chi connectivity index (χ2n) is 5.79. The fraction of sp³-hybridized carbons (Fsp3) is 0.529. The first-order valence-corrected chi connectivity index (χ1v) is 7.57. The number of rotatable bonds is 9. The molecule has 0 bridgehead atoms. The lowest BCUT2D eigenvalue weighted by molar-refractivity contribution is -0.142. The molecule has 0 aromatic heterocycles. The average Bonchev–Trinajstić information content (AvgIpc) is 2.46. The monoisotopic (exact) mass is 307 g/mol. The smallest absolute Gasteiger partial charge is 0.326 e. The topological polar surface area (TPSA) is 75.6 Å². The highest BCUT2D eigenvalue weighted by Crippen LogP contribution is 2.14. The van der Waals surface area contributed by atoms with Crippen LogP contribution in [0.1, 0.15) is 38.7 Å². The first-order chi connectivity index (χ1) is 10.4. The van der Waals surface area contributed by atoms with Crippen LogP contribution >= 0.6 is 0 Å². The Hall–Kier alpha value is -2.04. The largest absolute Gasteiger partial charge is 0.497 e. The summed E-state index contributed by atoms with van der Waals surface area (Å²) in [7, 11) is 1.62. The third-order valence-corrected chi connectivity index (χ3v) is 3.34. The molecule has 122 valence electrons. The number of carbonyl (C=O) groups is 2. The van der Waals surface area contributed by atoms with Crippen molar-refractivity contribution in [3.63, 3.8) is 0 Å². The van der Waals surface area contributed by atoms with Crippen molar-refractivity contribution in [3.8, 4) is 5.75 Å². The maximum absolute atomic E-state index is 11.9. The predicted molar refractivity (Wildman–Crippen MR) is 85.0 cm³/mol. The van der Waals surface area contributed by atoms with Gasteiger partial charge in [-0.25, -0.2) is 4.79 Å². The number of amides is 1. The van der Waals surface area contributed by atoms with Crippen LogP contribution in [0.2, 0.25) is 0 Å². The number of ether oxygens (including phenoxy) is 1. The number of benzene rings is 1. The molecule has 5 heteroatoms. The van der Waals surface area contributed by atoms with Crippen LogP contribution in [-0.2, 0) is 16.0 Å². The SMILES string of the molecule is COc1cccc(CCCC(=O)N[C@@H](CC(C)C)C(=O)O)c1. The van der Waals surface area contributed by atoms with Gasteiger partial charge in [0, 0.05) is 6.42 Å². The van der Waals surface area contributed by atoms with Crippen LogP contribution in [0.15, 0.2) is 24.3 Å². The summed E-state index contributed by atoms with van der Waals surface area (Å²) in [6, 6.07) is 6.91. The molecule has 0 unspecified atom stereocenters. The predicted octanol–water partition coefficient (Wildman–Crippen LogP) is 2.63. The van der Waals surface area contributed by atoms with Crippen molar-refractivity contribution in [2.45, 2.75) is 45.6 Å². The third kappa shape index (κ3) is 6.61. The fourth-order valence-corrected chi connectivity index (χ4v) is 2.24. The van der Waals surface area contributed by atoms with Gasteiger partial charge in [-0.1, -0.05) is 26.0 Å². The molecule has 1 aromatic rings. The van der Waals surface area contributed by atoms with Gasteiger partial charge in [0.2, 0.25) is 5.91 Å². The van der Waals surface area contributed by atoms with Gasteiger partial charge in [-0.2, -0.15) is 0 Å². The lowest BCUT2D eigenvalue weighted by Crippen LogP contribution is -2.41. The van der Waals surface area contributed by atoms with Crippen LogP contribution in [0.25, 0.3) is 0 Å². The molecule has 1 amide bonds. The van der Waals surface area contributed by atoms with E-state index in [9.17, 15) is 9.59 Å². The standard InChI is InChI=1S/C17H25NO4/c1-12(2)10-15(17(20)21)18-16(19)9-5-7-13-6-4-8-14(11-13)22-3/h4,6,8,11-12,15H,5,7,9-10H2,1-3H3,(H,18,19)(H,20,21)/t15-/m0/s1. The molecule has 0 heterocycles. The van der Waals surface area contributed by atoms with E-state index < -0.39 is 12.0 Å². The van der Waals surface area contributed by atoms with Crippen molar-refractivity contribution in [2.24, 2.45) is 5.92 Å². The van der Waals surface area contributed by atoms with Gasteiger partial charge in [0.15, 0.2) is 0 Å².